The van der Waals surface area contributed by atoms with Crippen LogP contribution >= 0.6 is 22.9 Å². The molecule has 0 aliphatic carbocycles. The van der Waals surface area contributed by atoms with Gasteiger partial charge in [-0.05, 0) is 49.1 Å². The summed E-state index contributed by atoms with van der Waals surface area (Å²) in [5, 5.41) is 12.2. The minimum atomic E-state index is -3.77. The van der Waals surface area contributed by atoms with Crippen LogP contribution in [0.3, 0.4) is 0 Å². The molecule has 0 aliphatic rings. The zero-order valence-electron chi connectivity index (χ0n) is 13.8. The van der Waals surface area contributed by atoms with Gasteiger partial charge in [0.05, 0.1) is 4.90 Å². The molecule has 1 heterocycles. The molecule has 0 aliphatic heterocycles. The van der Waals surface area contributed by atoms with Crippen molar-refractivity contribution in [2.75, 3.05) is 6.54 Å². The minimum absolute atomic E-state index is 0.118. The van der Waals surface area contributed by atoms with E-state index in [1.54, 1.807) is 26.0 Å². The molecular formula is C18H18ClNO3S2. The molecular weight excluding hydrogens is 378 g/mol. The Balaban J connectivity index is 1.84. The lowest BCUT2D eigenvalue weighted by molar-refractivity contribution is 0.0666. The molecule has 132 valence electrons. The molecule has 0 radical (unpaired) electrons. The minimum Gasteiger partial charge on any atom is -0.383 e. The highest BCUT2D eigenvalue weighted by atomic mass is 35.5. The van der Waals surface area contributed by atoms with Gasteiger partial charge in [0.2, 0.25) is 10.0 Å². The van der Waals surface area contributed by atoms with E-state index in [1.165, 1.54) is 17.4 Å². The largest absolute Gasteiger partial charge is 0.383 e. The van der Waals surface area contributed by atoms with Gasteiger partial charge >= 0.3 is 0 Å². The second kappa shape index (κ2) is 6.70. The third-order valence-corrected chi connectivity index (χ3v) is 7.15. The Kier molecular flexibility index (Phi) is 4.92. The number of hydrogen-bond acceptors (Lipinski definition) is 4. The van der Waals surface area contributed by atoms with E-state index in [1.807, 2.05) is 30.3 Å². The first-order valence-electron chi connectivity index (χ1n) is 7.66. The van der Waals surface area contributed by atoms with Gasteiger partial charge in [-0.25, -0.2) is 13.1 Å². The van der Waals surface area contributed by atoms with E-state index in [9.17, 15) is 13.5 Å². The standard InChI is InChI=1S/C18H18ClNO3S2/c1-12-7-8-14(19)10-16(12)25(22,23)20-11-18(2,21)17-9-13-5-3-4-6-15(13)24-17/h3-10,20-21H,11H2,1-2H3/t18-/m1/s1. The Hall–Kier alpha value is -1.44. The average Bonchev–Trinajstić information content (AvgIpc) is 3.00. The van der Waals surface area contributed by atoms with Crippen molar-refractivity contribution in [2.24, 2.45) is 0 Å². The van der Waals surface area contributed by atoms with Crippen LogP contribution in [0.1, 0.15) is 17.4 Å². The maximum absolute atomic E-state index is 12.6. The van der Waals surface area contributed by atoms with E-state index in [-0.39, 0.29) is 11.4 Å². The number of thiophene rings is 1. The van der Waals surface area contributed by atoms with E-state index in [2.05, 4.69) is 4.72 Å². The van der Waals surface area contributed by atoms with Crippen LogP contribution in [0.15, 0.2) is 53.4 Å². The number of halogens is 1. The fourth-order valence-electron chi connectivity index (χ4n) is 2.51. The van der Waals surface area contributed by atoms with Crippen LogP contribution in [0.4, 0.5) is 0 Å². The van der Waals surface area contributed by atoms with Gasteiger partial charge < -0.3 is 5.11 Å². The number of fused-ring (bicyclic) bond motifs is 1. The summed E-state index contributed by atoms with van der Waals surface area (Å²) in [4.78, 5) is 0.825. The molecule has 1 aromatic heterocycles. The first-order chi connectivity index (χ1) is 11.7. The van der Waals surface area contributed by atoms with E-state index < -0.39 is 15.6 Å². The first kappa shape index (κ1) is 18.4. The van der Waals surface area contributed by atoms with Crippen molar-refractivity contribution >= 4 is 43.0 Å². The molecule has 25 heavy (non-hydrogen) atoms. The van der Waals surface area contributed by atoms with Crippen LogP contribution < -0.4 is 4.72 Å². The molecule has 2 aromatic carbocycles. The summed E-state index contributed by atoms with van der Waals surface area (Å²) in [6, 6.07) is 14.4. The van der Waals surface area contributed by atoms with Gasteiger partial charge in [-0.3, -0.25) is 0 Å². The molecule has 0 spiro atoms. The summed E-state index contributed by atoms with van der Waals surface area (Å²) in [6.45, 7) is 3.17. The molecule has 0 amide bonds. The van der Waals surface area contributed by atoms with Crippen LogP contribution in [0.5, 0.6) is 0 Å². The number of aliphatic hydroxyl groups is 1. The van der Waals surface area contributed by atoms with Crippen molar-refractivity contribution in [3.05, 3.63) is 64.0 Å². The van der Waals surface area contributed by atoms with Gasteiger partial charge in [-0.2, -0.15) is 0 Å². The Bertz CT molecular complexity index is 993. The van der Waals surface area contributed by atoms with Crippen molar-refractivity contribution in [3.8, 4) is 0 Å². The van der Waals surface area contributed by atoms with Crippen molar-refractivity contribution in [1.82, 2.24) is 4.72 Å². The molecule has 4 nitrogen and oxygen atoms in total. The smallest absolute Gasteiger partial charge is 0.240 e. The molecule has 0 unspecified atom stereocenters. The lowest BCUT2D eigenvalue weighted by Crippen LogP contribution is -2.38. The van der Waals surface area contributed by atoms with Crippen LogP contribution in [0, 0.1) is 6.92 Å². The second-order valence-corrected chi connectivity index (χ2v) is 9.41. The van der Waals surface area contributed by atoms with Crippen molar-refractivity contribution in [1.29, 1.82) is 0 Å². The first-order valence-corrected chi connectivity index (χ1v) is 10.3. The Morgan fingerprint density at radius 3 is 2.64 bits per heavy atom. The Morgan fingerprint density at radius 2 is 1.92 bits per heavy atom. The third kappa shape index (κ3) is 3.88. The van der Waals surface area contributed by atoms with Crippen LogP contribution in [-0.2, 0) is 15.6 Å². The lowest BCUT2D eigenvalue weighted by Gasteiger charge is -2.22. The molecule has 3 aromatic rings. The van der Waals surface area contributed by atoms with Crippen molar-refractivity contribution in [2.45, 2.75) is 24.3 Å². The molecule has 1 atom stereocenters. The molecule has 0 saturated heterocycles. The van der Waals surface area contributed by atoms with Crippen molar-refractivity contribution in [3.63, 3.8) is 0 Å². The summed E-state index contributed by atoms with van der Waals surface area (Å²) in [5.41, 5.74) is -0.720. The predicted octanol–water partition coefficient (Wildman–Crippen LogP) is 4.05. The fourth-order valence-corrected chi connectivity index (χ4v) is 5.25. The quantitative estimate of drug-likeness (QED) is 0.684. The lowest BCUT2D eigenvalue weighted by atomic mass is 10.1. The van der Waals surface area contributed by atoms with Gasteiger partial charge in [0.15, 0.2) is 0 Å². The number of aryl methyl sites for hydroxylation is 1. The number of nitrogens with one attached hydrogen (secondary N) is 1. The van der Waals surface area contributed by atoms with E-state index in [4.69, 9.17) is 11.6 Å². The maximum atomic E-state index is 12.6. The van der Waals surface area contributed by atoms with Gasteiger partial charge in [0.25, 0.3) is 0 Å². The summed E-state index contributed by atoms with van der Waals surface area (Å²) in [6.07, 6.45) is 0. The highest BCUT2D eigenvalue weighted by molar-refractivity contribution is 7.89. The molecule has 0 bridgehead atoms. The summed E-state index contributed by atoms with van der Waals surface area (Å²) < 4.78 is 28.7. The van der Waals surface area contributed by atoms with Crippen molar-refractivity contribution < 1.29 is 13.5 Å². The van der Waals surface area contributed by atoms with Gasteiger partial charge in [-0.15, -0.1) is 11.3 Å². The van der Waals surface area contributed by atoms with E-state index in [0.717, 1.165) is 10.1 Å². The maximum Gasteiger partial charge on any atom is 0.240 e. The highest BCUT2D eigenvalue weighted by Crippen LogP contribution is 2.33. The fraction of sp³-hybridized carbons (Fsp3) is 0.222. The predicted molar refractivity (Wildman–Crippen MR) is 103 cm³/mol. The van der Waals surface area contributed by atoms with Crippen LogP contribution in [-0.4, -0.2) is 20.1 Å². The summed E-state index contributed by atoms with van der Waals surface area (Å²) in [5.74, 6) is 0. The number of sulfonamides is 1. The monoisotopic (exact) mass is 395 g/mol. The SMILES string of the molecule is Cc1ccc(Cl)cc1S(=O)(=O)NC[C@@](C)(O)c1cc2ccccc2s1. The summed E-state index contributed by atoms with van der Waals surface area (Å²) >= 11 is 7.36. The molecule has 0 fully saturated rings. The highest BCUT2D eigenvalue weighted by Gasteiger charge is 2.28. The molecule has 3 rings (SSSR count). The van der Waals surface area contributed by atoms with Gasteiger partial charge in [0, 0.05) is 21.1 Å². The zero-order valence-corrected chi connectivity index (χ0v) is 16.2. The molecule has 7 heteroatoms. The van der Waals surface area contributed by atoms with E-state index >= 15 is 0 Å². The van der Waals surface area contributed by atoms with Crippen LogP contribution in [0.25, 0.3) is 10.1 Å². The van der Waals surface area contributed by atoms with Crippen LogP contribution in [0.2, 0.25) is 5.02 Å². The molecule has 0 saturated carbocycles. The number of hydrogen-bond donors (Lipinski definition) is 2. The normalized spacial score (nSPS) is 14.6. The number of rotatable bonds is 5. The van der Waals surface area contributed by atoms with Gasteiger partial charge in [0.1, 0.15) is 5.60 Å². The van der Waals surface area contributed by atoms with E-state index in [0.29, 0.717) is 15.5 Å². The zero-order chi connectivity index (χ0) is 18.2. The Morgan fingerprint density at radius 1 is 1.20 bits per heavy atom. The molecule has 2 N–H and O–H groups in total. The number of benzene rings is 2. The topological polar surface area (TPSA) is 66.4 Å². The van der Waals surface area contributed by atoms with Gasteiger partial charge in [-0.1, -0.05) is 35.9 Å². The average molecular weight is 396 g/mol. The summed E-state index contributed by atoms with van der Waals surface area (Å²) in [7, 11) is -3.77. The second-order valence-electron chi connectivity index (χ2n) is 6.16. The third-order valence-electron chi connectivity index (χ3n) is 4.00. The Labute approximate surface area is 156 Å².